The van der Waals surface area contributed by atoms with E-state index < -0.39 is 0 Å². The smallest absolute Gasteiger partial charge is 0.284 e. The fourth-order valence-corrected chi connectivity index (χ4v) is 1.27. The van der Waals surface area contributed by atoms with Crippen LogP contribution in [-0.4, -0.2) is 28.9 Å². The number of carbonyl (C=O) groups is 1. The van der Waals surface area contributed by atoms with E-state index in [0.29, 0.717) is 11.4 Å². The first-order valence-electron chi connectivity index (χ1n) is 3.56. The van der Waals surface area contributed by atoms with E-state index in [9.17, 15) is 14.7 Å². The fourth-order valence-electron chi connectivity index (χ4n) is 0.443. The molecular weight excluding hydrogens is 258 g/mol. The minimum absolute atomic E-state index is 0.0469. The standard InChI is InChI=1S/C4H3NO2S.C3H6BrO/c6-1-3-2-8-4(7)5-3;4-2-1-3-5/h2H2,(H,5,7);1-3H2. The van der Waals surface area contributed by atoms with Crippen LogP contribution in [0.5, 0.6) is 0 Å². The van der Waals surface area contributed by atoms with E-state index in [1.165, 1.54) is 0 Å². The number of carbonyl (C=O) groups excluding carboxylic acids is 2. The van der Waals surface area contributed by atoms with Crippen molar-refractivity contribution in [1.82, 2.24) is 5.32 Å². The van der Waals surface area contributed by atoms with Crippen LogP contribution in [-0.2, 0) is 9.90 Å². The van der Waals surface area contributed by atoms with E-state index in [0.717, 1.165) is 23.5 Å². The van der Waals surface area contributed by atoms with Crippen LogP contribution < -0.4 is 5.32 Å². The summed E-state index contributed by atoms with van der Waals surface area (Å²) in [5, 5.41) is 12.5. The van der Waals surface area contributed by atoms with Crippen LogP contribution in [0, 0.1) is 0 Å². The van der Waals surface area contributed by atoms with Gasteiger partial charge in [0.2, 0.25) is 0 Å². The zero-order valence-corrected chi connectivity index (χ0v) is 9.24. The molecule has 0 bridgehead atoms. The SMILES string of the molecule is O=C=C1CSC(=O)N1.[O]CCCBr. The lowest BCUT2D eigenvalue weighted by molar-refractivity contribution is 0.195. The van der Waals surface area contributed by atoms with Gasteiger partial charge in [-0.05, 0) is 6.42 Å². The molecule has 0 aromatic carbocycles. The van der Waals surface area contributed by atoms with Crippen molar-refractivity contribution in [3.05, 3.63) is 5.70 Å². The molecule has 0 atom stereocenters. The van der Waals surface area contributed by atoms with Crippen LogP contribution in [0.15, 0.2) is 5.70 Å². The third-order valence-electron chi connectivity index (χ3n) is 1.00. The Morgan fingerprint density at radius 2 is 2.31 bits per heavy atom. The van der Waals surface area contributed by atoms with E-state index in [2.05, 4.69) is 21.2 Å². The Bertz CT molecular complexity index is 214. The van der Waals surface area contributed by atoms with Gasteiger partial charge in [0, 0.05) is 5.33 Å². The van der Waals surface area contributed by atoms with Gasteiger partial charge in [-0.25, -0.2) is 9.90 Å². The summed E-state index contributed by atoms with van der Waals surface area (Å²) in [7, 11) is 0. The molecule has 1 fully saturated rings. The molecule has 1 radical (unpaired) electrons. The summed E-state index contributed by atoms with van der Waals surface area (Å²) in [6.45, 7) is 0.0469. The van der Waals surface area contributed by atoms with Gasteiger partial charge < -0.3 is 5.32 Å². The maximum Gasteiger partial charge on any atom is 0.284 e. The Morgan fingerprint density at radius 1 is 1.62 bits per heavy atom. The first-order chi connectivity index (χ1) is 6.24. The molecule has 0 aliphatic carbocycles. The van der Waals surface area contributed by atoms with Gasteiger partial charge in [-0.3, -0.25) is 4.79 Å². The maximum atomic E-state index is 10.3. The van der Waals surface area contributed by atoms with Crippen molar-refractivity contribution >= 4 is 38.9 Å². The topological polar surface area (TPSA) is 66.1 Å². The van der Waals surface area contributed by atoms with Crippen molar-refractivity contribution < 1.29 is 14.7 Å². The lowest BCUT2D eigenvalue weighted by atomic mass is 10.5. The summed E-state index contributed by atoms with van der Waals surface area (Å²) >= 11 is 4.19. The minimum Gasteiger partial charge on any atom is -0.310 e. The number of hydrogen-bond acceptors (Lipinski definition) is 3. The van der Waals surface area contributed by atoms with E-state index in [-0.39, 0.29) is 11.8 Å². The van der Waals surface area contributed by atoms with Crippen LogP contribution in [0.3, 0.4) is 0 Å². The summed E-state index contributed by atoms with van der Waals surface area (Å²) in [5.41, 5.74) is 0.347. The molecule has 1 aliphatic heterocycles. The number of amides is 1. The van der Waals surface area contributed by atoms with E-state index in [1.54, 1.807) is 5.94 Å². The first kappa shape index (κ1) is 12.7. The zero-order valence-electron chi connectivity index (χ0n) is 6.84. The number of nitrogens with one attached hydrogen (secondary N) is 1. The van der Waals surface area contributed by atoms with Crippen molar-refractivity contribution in [3.8, 4) is 0 Å². The van der Waals surface area contributed by atoms with E-state index >= 15 is 0 Å². The average Bonchev–Trinajstić information content (AvgIpc) is 2.54. The summed E-state index contributed by atoms with van der Waals surface area (Å²) in [4.78, 5) is 20.0. The lowest BCUT2D eigenvalue weighted by Gasteiger charge is -1.81. The molecule has 0 unspecified atom stereocenters. The van der Waals surface area contributed by atoms with E-state index in [4.69, 9.17) is 0 Å². The molecule has 1 N–H and O–H groups in total. The predicted octanol–water partition coefficient (Wildman–Crippen LogP) is 1.36. The molecule has 6 heteroatoms. The van der Waals surface area contributed by atoms with Gasteiger partial charge in [-0.15, -0.1) is 0 Å². The van der Waals surface area contributed by atoms with Crippen LogP contribution >= 0.6 is 27.7 Å². The molecule has 1 heterocycles. The largest absolute Gasteiger partial charge is 0.310 e. The Labute approximate surface area is 88.9 Å². The number of hydrogen-bond donors (Lipinski definition) is 1. The molecule has 0 spiro atoms. The van der Waals surface area contributed by atoms with Crippen LogP contribution in [0.1, 0.15) is 6.42 Å². The van der Waals surface area contributed by atoms with Gasteiger partial charge in [0.15, 0.2) is 0 Å². The van der Waals surface area contributed by atoms with Gasteiger partial charge in [0.1, 0.15) is 11.6 Å². The highest BCUT2D eigenvalue weighted by molar-refractivity contribution is 9.09. The molecule has 1 rings (SSSR count). The normalized spacial score (nSPS) is 14.3. The van der Waals surface area contributed by atoms with Crippen molar-refractivity contribution in [2.45, 2.75) is 6.42 Å². The third-order valence-corrected chi connectivity index (χ3v) is 2.36. The molecule has 0 saturated carbocycles. The summed E-state index contributed by atoms with van der Waals surface area (Å²) in [6, 6.07) is 0. The van der Waals surface area contributed by atoms with Crippen molar-refractivity contribution in [2.24, 2.45) is 0 Å². The molecule has 73 valence electrons. The second-order valence-electron chi connectivity index (χ2n) is 2.03. The van der Waals surface area contributed by atoms with Crippen LogP contribution in [0.4, 0.5) is 4.79 Å². The third kappa shape index (κ3) is 6.83. The summed E-state index contributed by atoms with van der Waals surface area (Å²) < 4.78 is 0. The van der Waals surface area contributed by atoms with Gasteiger partial charge >= 0.3 is 0 Å². The van der Waals surface area contributed by atoms with Gasteiger partial charge in [-0.2, -0.15) is 0 Å². The number of alkyl halides is 1. The Kier molecular flexibility index (Phi) is 8.13. The molecule has 1 saturated heterocycles. The van der Waals surface area contributed by atoms with E-state index in [1.807, 2.05) is 0 Å². The lowest BCUT2D eigenvalue weighted by Crippen LogP contribution is -2.09. The Balaban J connectivity index is 0.000000252. The Hall–Kier alpha value is -0.290. The molecular formula is C7H9BrNO3S. The van der Waals surface area contributed by atoms with Gasteiger partial charge in [0.25, 0.3) is 5.24 Å². The highest BCUT2D eigenvalue weighted by Gasteiger charge is 2.14. The average molecular weight is 267 g/mol. The second-order valence-corrected chi connectivity index (χ2v) is 3.77. The quantitative estimate of drug-likeness (QED) is 0.606. The van der Waals surface area contributed by atoms with Crippen LogP contribution in [0.25, 0.3) is 0 Å². The minimum atomic E-state index is -0.164. The molecule has 13 heavy (non-hydrogen) atoms. The van der Waals surface area contributed by atoms with Gasteiger partial charge in [0.05, 0.1) is 12.4 Å². The van der Waals surface area contributed by atoms with Crippen molar-refractivity contribution in [1.29, 1.82) is 0 Å². The molecule has 1 aliphatic rings. The zero-order chi connectivity index (χ0) is 10.1. The monoisotopic (exact) mass is 266 g/mol. The summed E-state index contributed by atoms with van der Waals surface area (Å²) in [5.74, 6) is 2.05. The molecule has 1 amide bonds. The number of thioether (sulfide) groups is 1. The number of halogens is 1. The summed E-state index contributed by atoms with van der Waals surface area (Å²) in [6.07, 6.45) is 0.750. The maximum absolute atomic E-state index is 10.3. The van der Waals surface area contributed by atoms with Crippen molar-refractivity contribution in [3.63, 3.8) is 0 Å². The highest BCUT2D eigenvalue weighted by Crippen LogP contribution is 2.12. The second kappa shape index (κ2) is 8.31. The predicted molar refractivity (Wildman–Crippen MR) is 54.2 cm³/mol. The fraction of sp³-hybridized carbons (Fsp3) is 0.571. The molecule has 4 nitrogen and oxygen atoms in total. The molecule has 0 aromatic rings. The van der Waals surface area contributed by atoms with Crippen molar-refractivity contribution in [2.75, 3.05) is 17.7 Å². The Morgan fingerprint density at radius 3 is 2.46 bits per heavy atom. The van der Waals surface area contributed by atoms with Gasteiger partial charge in [-0.1, -0.05) is 27.7 Å². The first-order valence-corrected chi connectivity index (χ1v) is 5.67. The highest BCUT2D eigenvalue weighted by atomic mass is 79.9. The molecule has 0 aromatic heterocycles. The number of rotatable bonds is 2. The van der Waals surface area contributed by atoms with Crippen LogP contribution in [0.2, 0.25) is 0 Å².